The van der Waals surface area contributed by atoms with Crippen molar-refractivity contribution >= 4 is 34.9 Å². The van der Waals surface area contributed by atoms with Gasteiger partial charge >= 0.3 is 0 Å². The van der Waals surface area contributed by atoms with Crippen molar-refractivity contribution in [2.45, 2.75) is 0 Å². The molecule has 4 aromatic rings. The van der Waals surface area contributed by atoms with E-state index in [9.17, 15) is 4.79 Å². The van der Waals surface area contributed by atoms with Gasteiger partial charge in [-0.3, -0.25) is 9.20 Å². The van der Waals surface area contributed by atoms with Gasteiger partial charge in [-0.1, -0.05) is 0 Å². The first-order valence-corrected chi connectivity index (χ1v) is 6.30. The Morgan fingerprint density at radius 1 is 1.14 bits per heavy atom. The highest BCUT2D eigenvalue weighted by Gasteiger charge is 2.18. The summed E-state index contributed by atoms with van der Waals surface area (Å²) in [5.74, 6) is 0.305. The van der Waals surface area contributed by atoms with Gasteiger partial charge in [-0.15, -0.1) is 12.4 Å². The van der Waals surface area contributed by atoms with Gasteiger partial charge in [0.05, 0.1) is 16.6 Å². The Morgan fingerprint density at radius 3 is 2.77 bits per heavy atom. The van der Waals surface area contributed by atoms with Crippen LogP contribution in [0, 0.1) is 0 Å². The lowest BCUT2D eigenvalue weighted by Gasteiger charge is -2.01. The number of nitrogens with zero attached hydrogens (tertiary/aromatic N) is 4. The standard InChI is InChI=1S/C14H10N6O.ClH/c15-14-18-5-2-9-11(8-1-4-16-7-19-8)12-10(21)3-6-17-13(12)20(9)14;/h1-7H,(H2,15,18)(H,17,21);1H. The number of aromatic amines is 1. The summed E-state index contributed by atoms with van der Waals surface area (Å²) in [6.07, 6.45) is 6.29. The van der Waals surface area contributed by atoms with Gasteiger partial charge in [0.2, 0.25) is 5.95 Å². The van der Waals surface area contributed by atoms with E-state index in [2.05, 4.69) is 19.9 Å². The fourth-order valence-electron chi connectivity index (χ4n) is 2.58. The molecule has 4 aromatic heterocycles. The quantitative estimate of drug-likeness (QED) is 0.556. The molecule has 0 radical (unpaired) electrons. The fourth-order valence-corrected chi connectivity index (χ4v) is 2.58. The van der Waals surface area contributed by atoms with Crippen LogP contribution in [-0.2, 0) is 0 Å². The molecule has 0 aliphatic heterocycles. The van der Waals surface area contributed by atoms with Crippen molar-refractivity contribution < 1.29 is 0 Å². The van der Waals surface area contributed by atoms with Crippen molar-refractivity contribution in [3.63, 3.8) is 0 Å². The number of aromatic nitrogens is 5. The average Bonchev–Trinajstić information content (AvgIpc) is 2.85. The van der Waals surface area contributed by atoms with E-state index in [-0.39, 0.29) is 17.8 Å². The van der Waals surface area contributed by atoms with E-state index in [1.807, 2.05) is 0 Å². The van der Waals surface area contributed by atoms with E-state index >= 15 is 0 Å². The number of pyridine rings is 1. The molecule has 4 rings (SSSR count). The molecule has 0 unspecified atom stereocenters. The van der Waals surface area contributed by atoms with Gasteiger partial charge in [0.25, 0.3) is 0 Å². The minimum absolute atomic E-state index is 0. The summed E-state index contributed by atoms with van der Waals surface area (Å²) in [5, 5.41) is 0.538. The molecule has 0 spiro atoms. The summed E-state index contributed by atoms with van der Waals surface area (Å²) in [5.41, 5.74) is 8.64. The van der Waals surface area contributed by atoms with Crippen molar-refractivity contribution in [3.8, 4) is 11.3 Å². The topological polar surface area (TPSA) is 102 Å². The Bertz CT molecular complexity index is 1020. The molecule has 0 saturated heterocycles. The molecule has 3 N–H and O–H groups in total. The van der Waals surface area contributed by atoms with Crippen LogP contribution in [0.4, 0.5) is 5.95 Å². The summed E-state index contributed by atoms with van der Waals surface area (Å²) < 4.78 is 1.72. The number of nitrogens with one attached hydrogen (secondary N) is 1. The van der Waals surface area contributed by atoms with Crippen LogP contribution in [-0.4, -0.2) is 24.3 Å². The van der Waals surface area contributed by atoms with Gasteiger partial charge in [-0.05, 0) is 12.1 Å². The van der Waals surface area contributed by atoms with Crippen LogP contribution < -0.4 is 11.2 Å². The van der Waals surface area contributed by atoms with Crippen LogP contribution in [0.2, 0.25) is 0 Å². The second-order valence-electron chi connectivity index (χ2n) is 4.56. The second kappa shape index (κ2) is 5.12. The van der Waals surface area contributed by atoms with E-state index in [0.29, 0.717) is 22.7 Å². The van der Waals surface area contributed by atoms with Crippen molar-refractivity contribution in [3.05, 3.63) is 53.3 Å². The summed E-state index contributed by atoms with van der Waals surface area (Å²) in [7, 11) is 0. The number of hydrogen-bond donors (Lipinski definition) is 2. The lowest BCUT2D eigenvalue weighted by Crippen LogP contribution is -2.02. The molecule has 0 aliphatic rings. The fraction of sp³-hybridized carbons (Fsp3) is 0. The zero-order valence-corrected chi connectivity index (χ0v) is 12.0. The minimum atomic E-state index is -0.0968. The van der Waals surface area contributed by atoms with Gasteiger partial charge in [0.1, 0.15) is 12.0 Å². The number of halogens is 1. The maximum atomic E-state index is 12.3. The zero-order chi connectivity index (χ0) is 14.4. The molecule has 110 valence electrons. The lowest BCUT2D eigenvalue weighted by molar-refractivity contribution is 1.12. The number of H-pyrrole nitrogens is 1. The molecule has 0 bridgehead atoms. The zero-order valence-electron chi connectivity index (χ0n) is 11.2. The molecular formula is C14H11ClN6O. The Morgan fingerprint density at radius 2 is 2.00 bits per heavy atom. The van der Waals surface area contributed by atoms with E-state index in [4.69, 9.17) is 5.73 Å². The van der Waals surface area contributed by atoms with E-state index in [1.54, 1.807) is 35.1 Å². The van der Waals surface area contributed by atoms with Gasteiger partial charge in [0.15, 0.2) is 5.43 Å². The van der Waals surface area contributed by atoms with Gasteiger partial charge in [-0.2, -0.15) is 0 Å². The minimum Gasteiger partial charge on any atom is -0.369 e. The van der Waals surface area contributed by atoms with Crippen LogP contribution >= 0.6 is 12.4 Å². The molecule has 0 aliphatic carbocycles. The predicted molar refractivity (Wildman–Crippen MR) is 86.0 cm³/mol. The molecule has 0 atom stereocenters. The number of nitrogen functional groups attached to an aromatic ring is 1. The van der Waals surface area contributed by atoms with Crippen LogP contribution in [0.3, 0.4) is 0 Å². The summed E-state index contributed by atoms with van der Waals surface area (Å²) in [4.78, 5) is 27.6. The third-order valence-electron chi connectivity index (χ3n) is 3.42. The smallest absolute Gasteiger partial charge is 0.206 e. The second-order valence-corrected chi connectivity index (χ2v) is 4.56. The molecule has 0 aromatic carbocycles. The van der Waals surface area contributed by atoms with Gasteiger partial charge in [0, 0.05) is 30.2 Å². The van der Waals surface area contributed by atoms with Crippen molar-refractivity contribution in [2.24, 2.45) is 0 Å². The molecular weight excluding hydrogens is 304 g/mol. The summed E-state index contributed by atoms with van der Waals surface area (Å²) >= 11 is 0. The maximum Gasteiger partial charge on any atom is 0.206 e. The third kappa shape index (κ3) is 1.83. The molecule has 22 heavy (non-hydrogen) atoms. The number of anilines is 1. The first-order chi connectivity index (χ1) is 10.3. The summed E-state index contributed by atoms with van der Waals surface area (Å²) in [6, 6.07) is 5.05. The van der Waals surface area contributed by atoms with Crippen LogP contribution in [0.25, 0.3) is 27.8 Å². The lowest BCUT2D eigenvalue weighted by atomic mass is 10.1. The molecule has 0 saturated carbocycles. The van der Waals surface area contributed by atoms with Crippen LogP contribution in [0.1, 0.15) is 0 Å². The Labute approximate surface area is 130 Å². The molecule has 4 heterocycles. The number of nitrogens with two attached hydrogens (primary N) is 1. The third-order valence-corrected chi connectivity index (χ3v) is 3.42. The Hall–Kier alpha value is -2.93. The van der Waals surface area contributed by atoms with E-state index in [0.717, 1.165) is 11.1 Å². The van der Waals surface area contributed by atoms with Crippen LogP contribution in [0.15, 0.2) is 47.9 Å². The highest BCUT2D eigenvalue weighted by Crippen LogP contribution is 2.31. The molecule has 8 heteroatoms. The maximum absolute atomic E-state index is 12.3. The van der Waals surface area contributed by atoms with Crippen molar-refractivity contribution in [2.75, 3.05) is 5.73 Å². The number of fused-ring (bicyclic) bond motifs is 3. The highest BCUT2D eigenvalue weighted by molar-refractivity contribution is 6.03. The van der Waals surface area contributed by atoms with Gasteiger partial charge < -0.3 is 10.7 Å². The normalized spacial score (nSPS) is 10.7. The van der Waals surface area contributed by atoms with Crippen molar-refractivity contribution in [1.82, 2.24) is 24.3 Å². The van der Waals surface area contributed by atoms with E-state index in [1.165, 1.54) is 12.4 Å². The SMILES string of the molecule is Cl.Nc1nccc2c(-c3ccncn3)c3c(=O)cc[nH]c3n12. The average molecular weight is 315 g/mol. The molecule has 0 fully saturated rings. The predicted octanol–water partition coefficient (Wildman–Crippen LogP) is 1.64. The Balaban J connectivity index is 0.00000144. The van der Waals surface area contributed by atoms with E-state index < -0.39 is 0 Å². The molecule has 0 amide bonds. The highest BCUT2D eigenvalue weighted by atomic mass is 35.5. The number of hydrogen-bond acceptors (Lipinski definition) is 5. The Kier molecular flexibility index (Phi) is 3.26. The first-order valence-electron chi connectivity index (χ1n) is 6.30. The summed E-state index contributed by atoms with van der Waals surface area (Å²) in [6.45, 7) is 0. The molecule has 7 nitrogen and oxygen atoms in total. The first kappa shape index (κ1) is 14.0. The monoisotopic (exact) mass is 314 g/mol. The number of rotatable bonds is 1. The largest absolute Gasteiger partial charge is 0.369 e. The van der Waals surface area contributed by atoms with Crippen LogP contribution in [0.5, 0.6) is 0 Å². The van der Waals surface area contributed by atoms with Gasteiger partial charge in [-0.25, -0.2) is 15.0 Å². The van der Waals surface area contributed by atoms with Crippen molar-refractivity contribution in [1.29, 1.82) is 0 Å².